The van der Waals surface area contributed by atoms with Crippen LogP contribution in [0.4, 0.5) is 0 Å². The third-order valence-corrected chi connectivity index (χ3v) is 15.1. The summed E-state index contributed by atoms with van der Waals surface area (Å²) in [5.41, 5.74) is 0. The highest BCUT2D eigenvalue weighted by atomic mass is 16.7. The fourth-order valence-electron chi connectivity index (χ4n) is 9.64. The molecule has 0 aliphatic carbocycles. The number of rotatable bonds is 65. The van der Waals surface area contributed by atoms with E-state index in [1.165, 1.54) is 128 Å². The van der Waals surface area contributed by atoms with Crippen LogP contribution in [-0.4, -0.2) is 82.3 Å². The number of likely N-dealkylation sites (N-methyl/N-ethyl adjacent to an activating group) is 1. The quantitative estimate of drug-likeness (QED) is 0.0195. The first kappa shape index (κ1) is 84.2. The number of quaternary nitrogens is 1. The number of carboxylic acid groups (broad SMARTS) is 1. The lowest BCUT2D eigenvalue weighted by Crippen LogP contribution is -2.44. The molecule has 9 nitrogen and oxygen atoms in total. The van der Waals surface area contributed by atoms with Gasteiger partial charge in [-0.1, -0.05) is 314 Å². The summed E-state index contributed by atoms with van der Waals surface area (Å²) in [5.74, 6) is -2.32. The summed E-state index contributed by atoms with van der Waals surface area (Å²) in [7, 11) is 5.92. The van der Waals surface area contributed by atoms with Gasteiger partial charge in [0.25, 0.3) is 0 Å². The number of carbonyl (C=O) groups excluding carboxylic acids is 3. The molecule has 9 heteroatoms. The summed E-state index contributed by atoms with van der Waals surface area (Å²) in [5, 5.41) is 11.8. The standard InChI is InChI=1S/C80H133NO8/c1-6-8-10-12-14-16-18-20-22-24-26-28-30-31-32-33-34-35-36-37-38-39-40-41-42-43-44-45-46-47-49-51-53-55-57-59-61-63-65-67-69-71-78(83)89-76(75-88-80(79(84)85)86-73-72-81(3,4)5)74-87-77(82)70-68-66-64-62-60-58-56-54-52-50-48-29-27-25-23-21-19-17-15-13-11-9-7-2/h8,10,14,16,20,22,26,28,31-32,34-35,37-38,40-41,43-44,46-47,51,53,57,59,76,80H,6-7,9,11-13,15,17-19,21,23-25,27,29-30,33,36,39,42,45,48-50,52,54-56,58,60-75H2,1-5H3/b10-8-,16-14-,22-20-,28-26-,32-31-,35-34-,38-37-,41-40-,44-43-,47-46-,53-51-,59-57-. The molecule has 0 aromatic heterocycles. The molecule has 0 amide bonds. The molecule has 0 aromatic rings. The van der Waals surface area contributed by atoms with E-state index in [2.05, 4.69) is 160 Å². The zero-order chi connectivity index (χ0) is 64.7. The highest BCUT2D eigenvalue weighted by molar-refractivity contribution is 5.70. The fraction of sp³-hybridized carbons (Fsp3) is 0.662. The van der Waals surface area contributed by atoms with Crippen LogP contribution < -0.4 is 5.11 Å². The Hall–Kier alpha value is -4.83. The van der Waals surface area contributed by atoms with Crippen molar-refractivity contribution in [2.45, 2.75) is 296 Å². The van der Waals surface area contributed by atoms with E-state index < -0.39 is 24.3 Å². The van der Waals surface area contributed by atoms with Gasteiger partial charge in [-0.2, -0.15) is 0 Å². The first-order chi connectivity index (χ1) is 43.6. The molecule has 506 valence electrons. The van der Waals surface area contributed by atoms with Crippen molar-refractivity contribution < 1.29 is 42.9 Å². The number of hydrogen-bond donors (Lipinski definition) is 0. The van der Waals surface area contributed by atoms with Crippen LogP contribution in [-0.2, 0) is 33.3 Å². The molecule has 0 aromatic carbocycles. The van der Waals surface area contributed by atoms with E-state index in [1.54, 1.807) is 0 Å². The highest BCUT2D eigenvalue weighted by Gasteiger charge is 2.22. The molecule has 0 aliphatic heterocycles. The predicted molar refractivity (Wildman–Crippen MR) is 379 cm³/mol. The maximum Gasteiger partial charge on any atom is 0.306 e. The van der Waals surface area contributed by atoms with Gasteiger partial charge in [0, 0.05) is 12.8 Å². The molecule has 2 unspecified atom stereocenters. The van der Waals surface area contributed by atoms with Crippen molar-refractivity contribution >= 4 is 17.9 Å². The number of carbonyl (C=O) groups is 3. The van der Waals surface area contributed by atoms with Crippen molar-refractivity contribution in [3.8, 4) is 0 Å². The van der Waals surface area contributed by atoms with Crippen LogP contribution in [0, 0.1) is 0 Å². The van der Waals surface area contributed by atoms with Crippen LogP contribution in [0.15, 0.2) is 146 Å². The number of aliphatic carboxylic acids is 1. The minimum absolute atomic E-state index is 0.137. The van der Waals surface area contributed by atoms with Gasteiger partial charge in [-0.3, -0.25) is 9.59 Å². The summed E-state index contributed by atoms with van der Waals surface area (Å²) in [4.78, 5) is 37.5. The Balaban J connectivity index is 4.21. The normalized spacial score (nSPS) is 13.6. The number of nitrogens with zero attached hydrogens (tertiary/aromatic N) is 1. The maximum atomic E-state index is 12.9. The molecule has 0 spiro atoms. The van der Waals surface area contributed by atoms with Crippen molar-refractivity contribution in [1.29, 1.82) is 0 Å². The van der Waals surface area contributed by atoms with Crippen molar-refractivity contribution in [3.63, 3.8) is 0 Å². The van der Waals surface area contributed by atoms with E-state index in [0.717, 1.165) is 122 Å². The number of hydrogen-bond acceptors (Lipinski definition) is 8. The maximum absolute atomic E-state index is 12.9. The minimum atomic E-state index is -1.64. The van der Waals surface area contributed by atoms with E-state index in [0.29, 0.717) is 17.4 Å². The van der Waals surface area contributed by atoms with Gasteiger partial charge < -0.3 is 33.3 Å². The summed E-state index contributed by atoms with van der Waals surface area (Å²) in [6.07, 6.45) is 97.9. The van der Waals surface area contributed by atoms with Gasteiger partial charge in [0.05, 0.1) is 40.3 Å². The van der Waals surface area contributed by atoms with E-state index in [1.807, 2.05) is 21.1 Å². The molecule has 0 saturated heterocycles. The fourth-order valence-corrected chi connectivity index (χ4v) is 9.64. The van der Waals surface area contributed by atoms with Crippen molar-refractivity contribution in [2.24, 2.45) is 0 Å². The molecule has 0 saturated carbocycles. The average molecular weight is 1240 g/mol. The molecule has 0 fully saturated rings. The molecule has 0 aliphatic rings. The third kappa shape index (κ3) is 70.5. The van der Waals surface area contributed by atoms with Gasteiger partial charge in [-0.15, -0.1) is 0 Å². The Bertz CT molecular complexity index is 1970. The Labute approximate surface area is 547 Å². The van der Waals surface area contributed by atoms with Gasteiger partial charge in [0.1, 0.15) is 13.2 Å². The van der Waals surface area contributed by atoms with Crippen LogP contribution in [0.25, 0.3) is 0 Å². The minimum Gasteiger partial charge on any atom is -0.545 e. The largest absolute Gasteiger partial charge is 0.545 e. The lowest BCUT2D eigenvalue weighted by atomic mass is 10.0. The predicted octanol–water partition coefficient (Wildman–Crippen LogP) is 21.4. The summed E-state index contributed by atoms with van der Waals surface area (Å²) in [6, 6.07) is 0. The number of carboxylic acids is 1. The number of unbranched alkanes of at least 4 members (excludes halogenated alkanes) is 26. The van der Waals surface area contributed by atoms with E-state index in [9.17, 15) is 19.5 Å². The van der Waals surface area contributed by atoms with Crippen LogP contribution in [0.5, 0.6) is 0 Å². The zero-order valence-corrected chi connectivity index (χ0v) is 57.8. The van der Waals surface area contributed by atoms with E-state index in [4.69, 9.17) is 18.9 Å². The summed E-state index contributed by atoms with van der Waals surface area (Å²) >= 11 is 0. The lowest BCUT2D eigenvalue weighted by Gasteiger charge is -2.26. The number of esters is 2. The van der Waals surface area contributed by atoms with Crippen LogP contribution in [0.2, 0.25) is 0 Å². The molecule has 0 N–H and O–H groups in total. The van der Waals surface area contributed by atoms with Crippen molar-refractivity contribution in [2.75, 3.05) is 47.5 Å². The Kier molecular flexibility index (Phi) is 65.3. The van der Waals surface area contributed by atoms with Gasteiger partial charge in [0.15, 0.2) is 12.4 Å². The zero-order valence-electron chi connectivity index (χ0n) is 57.8. The Morgan fingerprint density at radius 2 is 0.640 bits per heavy atom. The van der Waals surface area contributed by atoms with Gasteiger partial charge in [-0.05, 0) is 103 Å². The molecule has 0 bridgehead atoms. The monoisotopic (exact) mass is 1240 g/mol. The molecule has 0 radical (unpaired) electrons. The van der Waals surface area contributed by atoms with Gasteiger partial charge >= 0.3 is 11.9 Å². The summed E-state index contributed by atoms with van der Waals surface area (Å²) in [6.45, 7) is 4.62. The topological polar surface area (TPSA) is 111 Å². The van der Waals surface area contributed by atoms with Crippen molar-refractivity contribution in [1.82, 2.24) is 0 Å². The SMILES string of the molecule is CC/C=C\C/C=C\C/C=C\C/C=C\C/C=C\C/C=C\C/C=C\C/C=C\C/C=C\C/C=C\C/C=C\C/C=C\CCCCCCC(=O)OC(COC(=O)CCCCCCCCCCCCCCCCCCCCCCCCC)COC(OCC[N+](C)(C)C)C(=O)[O-]. The van der Waals surface area contributed by atoms with Gasteiger partial charge in [-0.25, -0.2) is 0 Å². The number of ether oxygens (including phenoxy) is 4. The van der Waals surface area contributed by atoms with E-state index in [-0.39, 0.29) is 38.6 Å². The first-order valence-electron chi connectivity index (χ1n) is 36.0. The van der Waals surface area contributed by atoms with Crippen molar-refractivity contribution in [3.05, 3.63) is 146 Å². The Morgan fingerprint density at radius 3 is 0.955 bits per heavy atom. The lowest BCUT2D eigenvalue weighted by molar-refractivity contribution is -0.870. The molecule has 89 heavy (non-hydrogen) atoms. The number of allylic oxidation sites excluding steroid dienone is 24. The molecular formula is C80H133NO8. The molecule has 0 heterocycles. The van der Waals surface area contributed by atoms with E-state index >= 15 is 0 Å². The smallest absolute Gasteiger partial charge is 0.306 e. The highest BCUT2D eigenvalue weighted by Crippen LogP contribution is 2.17. The molecular weight excluding hydrogens is 1100 g/mol. The second-order valence-electron chi connectivity index (χ2n) is 24.8. The third-order valence-electron chi connectivity index (χ3n) is 15.1. The second kappa shape index (κ2) is 69.1. The van der Waals surface area contributed by atoms with Crippen LogP contribution >= 0.6 is 0 Å². The molecule has 2 atom stereocenters. The summed E-state index contributed by atoms with van der Waals surface area (Å²) < 4.78 is 22.8. The first-order valence-corrected chi connectivity index (χ1v) is 36.0. The van der Waals surface area contributed by atoms with Gasteiger partial charge in [0.2, 0.25) is 0 Å². The Morgan fingerprint density at radius 1 is 0.348 bits per heavy atom. The van der Waals surface area contributed by atoms with Crippen LogP contribution in [0.3, 0.4) is 0 Å². The molecule has 0 rings (SSSR count). The average Bonchev–Trinajstić information content (AvgIpc) is 3.64. The second-order valence-corrected chi connectivity index (χ2v) is 24.8. The van der Waals surface area contributed by atoms with Crippen LogP contribution in [0.1, 0.15) is 284 Å².